The summed E-state index contributed by atoms with van der Waals surface area (Å²) in [6, 6.07) is 13.5. The van der Waals surface area contributed by atoms with Gasteiger partial charge in [-0.05, 0) is 31.0 Å². The summed E-state index contributed by atoms with van der Waals surface area (Å²) in [7, 11) is 0. The summed E-state index contributed by atoms with van der Waals surface area (Å²) < 4.78 is 4.41. The van der Waals surface area contributed by atoms with Gasteiger partial charge in [0.05, 0.1) is 18.2 Å². The third-order valence-electron chi connectivity index (χ3n) is 4.16. The highest BCUT2D eigenvalue weighted by molar-refractivity contribution is 6.53. The molecule has 3 nitrogen and oxygen atoms in total. The second-order valence-corrected chi connectivity index (χ2v) is 7.42. The Kier molecular flexibility index (Phi) is 3.96. The van der Waals surface area contributed by atoms with Crippen LogP contribution in [0.3, 0.4) is 0 Å². The topological polar surface area (TPSA) is 33.5 Å². The van der Waals surface area contributed by atoms with Crippen molar-refractivity contribution in [2.75, 3.05) is 0 Å². The Morgan fingerprint density at radius 1 is 1.18 bits per heavy atom. The van der Waals surface area contributed by atoms with E-state index >= 15 is 0 Å². The number of carbonyl (C=O) groups excluding carboxylic acids is 1. The molecule has 1 fully saturated rings. The first-order chi connectivity index (χ1) is 10.4. The molecule has 2 aromatic rings. The molecule has 0 bridgehead atoms. The molecule has 116 valence electrons. The molecule has 1 heterocycles. The number of furan rings is 1. The van der Waals surface area contributed by atoms with Crippen LogP contribution in [0.4, 0.5) is 0 Å². The van der Waals surface area contributed by atoms with E-state index in [9.17, 15) is 4.79 Å². The molecule has 0 N–H and O–H groups in total. The maximum atomic E-state index is 12.9. The van der Waals surface area contributed by atoms with Crippen molar-refractivity contribution in [2.45, 2.75) is 30.8 Å². The number of amides is 1. The third-order valence-corrected chi connectivity index (χ3v) is 5.26. The molecule has 0 aliphatic heterocycles. The lowest BCUT2D eigenvalue weighted by Gasteiger charge is -2.26. The Balaban J connectivity index is 1.81. The largest absolute Gasteiger partial charge is 0.467 e. The van der Waals surface area contributed by atoms with Crippen LogP contribution in [0.2, 0.25) is 0 Å². The zero-order valence-electron chi connectivity index (χ0n) is 12.3. The molecule has 1 unspecified atom stereocenters. The van der Waals surface area contributed by atoms with Gasteiger partial charge in [0.1, 0.15) is 10.1 Å². The van der Waals surface area contributed by atoms with Crippen LogP contribution in [-0.4, -0.2) is 15.1 Å². The Bertz CT molecular complexity index is 655. The molecule has 1 amide bonds. The van der Waals surface area contributed by atoms with E-state index in [-0.39, 0.29) is 5.91 Å². The number of nitrogens with zero attached hydrogens (tertiary/aromatic N) is 1. The molecule has 5 heteroatoms. The van der Waals surface area contributed by atoms with Gasteiger partial charge < -0.3 is 9.32 Å². The minimum atomic E-state index is -0.970. The number of alkyl halides is 2. The predicted octanol–water partition coefficient (Wildman–Crippen LogP) is 4.39. The highest BCUT2D eigenvalue weighted by Gasteiger charge is 2.68. The van der Waals surface area contributed by atoms with Gasteiger partial charge in [0.15, 0.2) is 0 Å². The molecule has 0 spiro atoms. The molecule has 1 aliphatic rings. The number of rotatable bonds is 5. The summed E-state index contributed by atoms with van der Waals surface area (Å²) >= 11 is 12.3. The van der Waals surface area contributed by atoms with Crippen molar-refractivity contribution < 1.29 is 9.21 Å². The minimum Gasteiger partial charge on any atom is -0.467 e. The second-order valence-electron chi connectivity index (χ2n) is 5.94. The van der Waals surface area contributed by atoms with Crippen LogP contribution >= 0.6 is 23.2 Å². The molecule has 0 radical (unpaired) electrons. The van der Waals surface area contributed by atoms with Gasteiger partial charge in [-0.15, -0.1) is 23.2 Å². The average Bonchev–Trinajstić information content (AvgIpc) is 2.84. The molecule has 0 saturated heterocycles. The van der Waals surface area contributed by atoms with Gasteiger partial charge in [0, 0.05) is 6.54 Å². The zero-order chi connectivity index (χ0) is 15.8. The highest BCUT2D eigenvalue weighted by Crippen LogP contribution is 2.64. The van der Waals surface area contributed by atoms with Gasteiger partial charge >= 0.3 is 0 Å². The van der Waals surface area contributed by atoms with Crippen LogP contribution < -0.4 is 0 Å². The van der Waals surface area contributed by atoms with E-state index in [1.165, 1.54) is 0 Å². The summed E-state index contributed by atoms with van der Waals surface area (Å²) in [5, 5.41) is 0. The van der Waals surface area contributed by atoms with Crippen LogP contribution in [0, 0.1) is 5.41 Å². The van der Waals surface area contributed by atoms with Crippen molar-refractivity contribution in [2.24, 2.45) is 5.41 Å². The molecule has 1 atom stereocenters. The molecule has 22 heavy (non-hydrogen) atoms. The zero-order valence-corrected chi connectivity index (χ0v) is 13.8. The van der Waals surface area contributed by atoms with Crippen molar-refractivity contribution in [1.82, 2.24) is 4.90 Å². The quantitative estimate of drug-likeness (QED) is 0.758. The first-order valence-corrected chi connectivity index (χ1v) is 7.91. The van der Waals surface area contributed by atoms with Gasteiger partial charge in [0.25, 0.3) is 0 Å². The SMILES string of the molecule is CC1(C(=O)N(Cc2ccccc2)Cc2ccco2)CC1(Cl)Cl. The summed E-state index contributed by atoms with van der Waals surface area (Å²) in [5.41, 5.74) is 0.332. The lowest BCUT2D eigenvalue weighted by molar-refractivity contribution is -0.138. The molecule has 1 saturated carbocycles. The Hall–Kier alpha value is -1.45. The highest BCUT2D eigenvalue weighted by atomic mass is 35.5. The summed E-state index contributed by atoms with van der Waals surface area (Å²) in [6.07, 6.45) is 2.08. The summed E-state index contributed by atoms with van der Waals surface area (Å²) in [4.78, 5) is 14.6. The molecular weight excluding hydrogens is 321 g/mol. The number of hydrogen-bond acceptors (Lipinski definition) is 2. The summed E-state index contributed by atoms with van der Waals surface area (Å²) in [6.45, 7) is 2.72. The van der Waals surface area contributed by atoms with E-state index in [1.807, 2.05) is 49.4 Å². The molecule has 3 rings (SSSR count). The van der Waals surface area contributed by atoms with E-state index in [4.69, 9.17) is 27.6 Å². The Morgan fingerprint density at radius 3 is 2.41 bits per heavy atom. The van der Waals surface area contributed by atoms with Crippen molar-refractivity contribution in [1.29, 1.82) is 0 Å². The fourth-order valence-corrected chi connectivity index (χ4v) is 3.27. The molecule has 1 aromatic carbocycles. The van der Waals surface area contributed by atoms with Gasteiger partial charge in [-0.1, -0.05) is 30.3 Å². The van der Waals surface area contributed by atoms with Crippen LogP contribution in [0.15, 0.2) is 53.1 Å². The van der Waals surface area contributed by atoms with Crippen molar-refractivity contribution in [3.8, 4) is 0 Å². The van der Waals surface area contributed by atoms with E-state index < -0.39 is 9.75 Å². The van der Waals surface area contributed by atoms with Crippen molar-refractivity contribution in [3.63, 3.8) is 0 Å². The molecule has 1 aromatic heterocycles. The van der Waals surface area contributed by atoms with Crippen LogP contribution in [0.5, 0.6) is 0 Å². The minimum absolute atomic E-state index is 0.0437. The standard InChI is InChI=1S/C17H17Cl2NO2/c1-16(12-17(16,18)19)15(21)20(11-14-8-5-9-22-14)10-13-6-3-2-4-7-13/h2-9H,10-12H2,1H3. The number of benzene rings is 1. The van der Waals surface area contributed by atoms with Gasteiger partial charge in [-0.2, -0.15) is 0 Å². The van der Waals surface area contributed by atoms with Gasteiger partial charge in [-0.25, -0.2) is 0 Å². The van der Waals surface area contributed by atoms with Gasteiger partial charge in [-0.3, -0.25) is 4.79 Å². The van der Waals surface area contributed by atoms with Crippen molar-refractivity contribution >= 4 is 29.1 Å². The van der Waals surface area contributed by atoms with Crippen molar-refractivity contribution in [3.05, 3.63) is 60.1 Å². The first-order valence-electron chi connectivity index (χ1n) is 7.16. The maximum Gasteiger partial charge on any atom is 0.232 e. The van der Waals surface area contributed by atoms with Crippen LogP contribution in [-0.2, 0) is 17.9 Å². The Morgan fingerprint density at radius 2 is 1.86 bits per heavy atom. The van der Waals surface area contributed by atoms with E-state index in [2.05, 4.69) is 0 Å². The van der Waals surface area contributed by atoms with E-state index in [1.54, 1.807) is 11.2 Å². The maximum absolute atomic E-state index is 12.9. The number of hydrogen-bond donors (Lipinski definition) is 0. The molecular formula is C17H17Cl2NO2. The summed E-state index contributed by atoms with van der Waals surface area (Å²) in [5.74, 6) is 0.695. The second kappa shape index (κ2) is 5.64. The number of carbonyl (C=O) groups is 1. The van der Waals surface area contributed by atoms with Gasteiger partial charge in [0.2, 0.25) is 5.91 Å². The smallest absolute Gasteiger partial charge is 0.232 e. The van der Waals surface area contributed by atoms with Crippen LogP contribution in [0.25, 0.3) is 0 Å². The Labute approximate surface area is 139 Å². The third kappa shape index (κ3) is 2.88. The fourth-order valence-electron chi connectivity index (χ4n) is 2.57. The lowest BCUT2D eigenvalue weighted by Crippen LogP contribution is -2.37. The predicted molar refractivity (Wildman–Crippen MR) is 86.6 cm³/mol. The van der Waals surface area contributed by atoms with Crippen LogP contribution in [0.1, 0.15) is 24.7 Å². The average molecular weight is 338 g/mol. The monoisotopic (exact) mass is 337 g/mol. The fraction of sp³-hybridized carbons (Fsp3) is 0.353. The van der Waals surface area contributed by atoms with E-state index in [0.717, 1.165) is 11.3 Å². The number of halogens is 2. The van der Waals surface area contributed by atoms with E-state index in [0.29, 0.717) is 19.5 Å². The lowest BCUT2D eigenvalue weighted by atomic mass is 10.1. The molecule has 1 aliphatic carbocycles. The first kappa shape index (κ1) is 15.4. The normalized spacial score (nSPS) is 22.3.